The molecule has 2 aromatic carbocycles. The molecule has 0 spiro atoms. The molecule has 0 saturated heterocycles. The zero-order valence-electron chi connectivity index (χ0n) is 15.3. The van der Waals surface area contributed by atoms with Crippen LogP contribution in [0.3, 0.4) is 0 Å². The van der Waals surface area contributed by atoms with Crippen molar-refractivity contribution in [1.29, 1.82) is 0 Å². The van der Waals surface area contributed by atoms with Crippen molar-refractivity contribution >= 4 is 11.8 Å². The summed E-state index contributed by atoms with van der Waals surface area (Å²) < 4.78 is 0. The van der Waals surface area contributed by atoms with Gasteiger partial charge in [-0.1, -0.05) is 54.6 Å². The maximum absolute atomic E-state index is 12.8. The van der Waals surface area contributed by atoms with E-state index >= 15 is 0 Å². The average Bonchev–Trinajstić information content (AvgIpc) is 2.66. The molecule has 0 fully saturated rings. The van der Waals surface area contributed by atoms with E-state index in [0.717, 1.165) is 16.7 Å². The first-order chi connectivity index (χ1) is 12.5. The van der Waals surface area contributed by atoms with Crippen LogP contribution in [0.25, 0.3) is 0 Å². The molecule has 26 heavy (non-hydrogen) atoms. The van der Waals surface area contributed by atoms with Crippen molar-refractivity contribution < 1.29 is 9.59 Å². The molecule has 0 radical (unpaired) electrons. The topological polar surface area (TPSA) is 66.6 Å². The number of fused-ring (bicyclic) bond motifs is 1. The van der Waals surface area contributed by atoms with Crippen LogP contribution < -0.4 is 5.73 Å². The lowest BCUT2D eigenvalue weighted by molar-refractivity contribution is -0.135. The molecule has 1 aliphatic heterocycles. The molecule has 0 saturated carbocycles. The zero-order chi connectivity index (χ0) is 18.7. The second-order valence-electron chi connectivity index (χ2n) is 6.89. The Balaban J connectivity index is 1.74. The molecule has 1 aliphatic rings. The van der Waals surface area contributed by atoms with Gasteiger partial charge in [-0.05, 0) is 30.0 Å². The van der Waals surface area contributed by atoms with E-state index < -0.39 is 6.04 Å². The Morgan fingerprint density at radius 1 is 1.12 bits per heavy atom. The quantitative estimate of drug-likeness (QED) is 0.897. The summed E-state index contributed by atoms with van der Waals surface area (Å²) in [5.41, 5.74) is 8.97. The fraction of sp³-hybridized carbons (Fsp3) is 0.333. The van der Waals surface area contributed by atoms with Gasteiger partial charge in [-0.2, -0.15) is 0 Å². The summed E-state index contributed by atoms with van der Waals surface area (Å²) in [5.74, 6) is -0.405. The summed E-state index contributed by atoms with van der Waals surface area (Å²) in [4.78, 5) is 28.4. The van der Waals surface area contributed by atoms with E-state index in [9.17, 15) is 9.59 Å². The van der Waals surface area contributed by atoms with Gasteiger partial charge >= 0.3 is 0 Å². The second-order valence-corrected chi connectivity index (χ2v) is 6.89. The highest BCUT2D eigenvalue weighted by atomic mass is 16.2. The first-order valence-electron chi connectivity index (χ1n) is 8.88. The lowest BCUT2D eigenvalue weighted by Crippen LogP contribution is -2.52. The van der Waals surface area contributed by atoms with Gasteiger partial charge in [0.05, 0.1) is 18.6 Å². The van der Waals surface area contributed by atoms with Gasteiger partial charge in [-0.15, -0.1) is 0 Å². The number of carbonyl (C=O) groups excluding carboxylic acids is 2. The van der Waals surface area contributed by atoms with Crippen LogP contribution in [0.2, 0.25) is 0 Å². The van der Waals surface area contributed by atoms with E-state index in [1.54, 1.807) is 11.9 Å². The third-order valence-electron chi connectivity index (χ3n) is 5.27. The molecule has 3 rings (SSSR count). The molecule has 5 heteroatoms. The van der Waals surface area contributed by atoms with E-state index in [2.05, 4.69) is 0 Å². The van der Waals surface area contributed by atoms with Gasteiger partial charge in [0.15, 0.2) is 0 Å². The molecular formula is C21H25N3O2. The molecular weight excluding hydrogens is 326 g/mol. The van der Waals surface area contributed by atoms with Crippen LogP contribution in [0.5, 0.6) is 0 Å². The van der Waals surface area contributed by atoms with Crippen molar-refractivity contribution in [3.8, 4) is 0 Å². The van der Waals surface area contributed by atoms with Gasteiger partial charge in [0.1, 0.15) is 0 Å². The first kappa shape index (κ1) is 18.1. The zero-order valence-corrected chi connectivity index (χ0v) is 15.3. The van der Waals surface area contributed by atoms with Crippen molar-refractivity contribution in [2.45, 2.75) is 32.0 Å². The summed E-state index contributed by atoms with van der Waals surface area (Å²) >= 11 is 0. The monoisotopic (exact) mass is 351 g/mol. The van der Waals surface area contributed by atoms with Crippen molar-refractivity contribution in [3.05, 3.63) is 71.3 Å². The third-order valence-corrected chi connectivity index (χ3v) is 5.27. The van der Waals surface area contributed by atoms with Crippen LogP contribution in [-0.2, 0) is 22.6 Å². The number of benzene rings is 2. The van der Waals surface area contributed by atoms with Gasteiger partial charge in [-0.25, -0.2) is 0 Å². The standard InChI is InChI=1S/C21H25N3O2/c1-15(16-8-4-3-5-9-16)23(2)20(25)14-24-13-18-11-7-6-10-17(18)12-19(24)21(22)26/h3-11,15,19H,12-14H2,1-2H3,(H2,22,26)/t15-,19+/m1/s1. The maximum atomic E-state index is 12.8. The predicted octanol–water partition coefficient (Wildman–Crippen LogP) is 2.12. The lowest BCUT2D eigenvalue weighted by atomic mass is 9.93. The molecule has 2 atom stereocenters. The number of amides is 2. The van der Waals surface area contributed by atoms with Gasteiger partial charge in [0, 0.05) is 13.6 Å². The lowest BCUT2D eigenvalue weighted by Gasteiger charge is -2.36. The Bertz CT molecular complexity index is 791. The van der Waals surface area contributed by atoms with Crippen LogP contribution in [0.4, 0.5) is 0 Å². The van der Waals surface area contributed by atoms with Gasteiger partial charge in [0.25, 0.3) is 0 Å². The fourth-order valence-electron chi connectivity index (χ4n) is 3.48. The molecule has 0 aliphatic carbocycles. The van der Waals surface area contributed by atoms with Gasteiger partial charge in [0.2, 0.25) is 11.8 Å². The molecule has 5 nitrogen and oxygen atoms in total. The van der Waals surface area contributed by atoms with Crippen LogP contribution in [-0.4, -0.2) is 41.2 Å². The molecule has 0 bridgehead atoms. The molecule has 1 heterocycles. The average molecular weight is 351 g/mol. The van der Waals surface area contributed by atoms with Crippen LogP contribution in [0.15, 0.2) is 54.6 Å². The highest BCUT2D eigenvalue weighted by Crippen LogP contribution is 2.24. The largest absolute Gasteiger partial charge is 0.368 e. The number of rotatable bonds is 5. The Morgan fingerprint density at radius 2 is 1.73 bits per heavy atom. The van der Waals surface area contributed by atoms with E-state index in [0.29, 0.717) is 13.0 Å². The summed E-state index contributed by atoms with van der Waals surface area (Å²) in [6, 6.07) is 17.4. The SMILES string of the molecule is C[C@H](c1ccccc1)N(C)C(=O)CN1Cc2ccccc2C[C@H]1C(N)=O. The predicted molar refractivity (Wildman–Crippen MR) is 101 cm³/mol. The highest BCUT2D eigenvalue weighted by molar-refractivity contribution is 5.83. The molecule has 2 aromatic rings. The maximum Gasteiger partial charge on any atom is 0.237 e. The van der Waals surface area contributed by atoms with Crippen LogP contribution in [0, 0.1) is 0 Å². The van der Waals surface area contributed by atoms with Crippen molar-refractivity contribution in [1.82, 2.24) is 9.80 Å². The van der Waals surface area contributed by atoms with Crippen molar-refractivity contribution in [2.24, 2.45) is 5.73 Å². The Labute approximate surface area is 154 Å². The summed E-state index contributed by atoms with van der Waals surface area (Å²) in [5, 5.41) is 0. The summed E-state index contributed by atoms with van der Waals surface area (Å²) in [6.07, 6.45) is 0.552. The third kappa shape index (κ3) is 3.78. The normalized spacial score (nSPS) is 18.0. The number of nitrogens with zero attached hydrogens (tertiary/aromatic N) is 2. The molecule has 0 unspecified atom stereocenters. The van der Waals surface area contributed by atoms with E-state index in [4.69, 9.17) is 5.73 Å². The number of nitrogens with two attached hydrogens (primary N) is 1. The molecule has 0 aromatic heterocycles. The number of primary amides is 1. The van der Waals surface area contributed by atoms with Crippen LogP contribution in [0.1, 0.15) is 29.7 Å². The first-order valence-corrected chi connectivity index (χ1v) is 8.88. The van der Waals surface area contributed by atoms with E-state index in [1.165, 1.54) is 0 Å². The highest BCUT2D eigenvalue weighted by Gasteiger charge is 2.32. The van der Waals surface area contributed by atoms with Gasteiger partial charge in [-0.3, -0.25) is 14.5 Å². The summed E-state index contributed by atoms with van der Waals surface area (Å²) in [7, 11) is 1.80. The fourth-order valence-corrected chi connectivity index (χ4v) is 3.48. The summed E-state index contributed by atoms with van der Waals surface area (Å²) in [6.45, 7) is 2.74. The van der Waals surface area contributed by atoms with Crippen LogP contribution >= 0.6 is 0 Å². The number of hydrogen-bond donors (Lipinski definition) is 1. The molecule has 2 N–H and O–H groups in total. The Morgan fingerprint density at radius 3 is 2.38 bits per heavy atom. The second kappa shape index (κ2) is 7.70. The van der Waals surface area contributed by atoms with E-state index in [-0.39, 0.29) is 24.4 Å². The Kier molecular flexibility index (Phi) is 5.38. The molecule has 2 amide bonds. The van der Waals surface area contributed by atoms with Crippen molar-refractivity contribution in [2.75, 3.05) is 13.6 Å². The number of carbonyl (C=O) groups is 2. The van der Waals surface area contributed by atoms with Gasteiger partial charge < -0.3 is 10.6 Å². The Hall–Kier alpha value is -2.66. The number of likely N-dealkylation sites (N-methyl/N-ethyl adjacent to an activating group) is 1. The number of hydrogen-bond acceptors (Lipinski definition) is 3. The van der Waals surface area contributed by atoms with Crippen molar-refractivity contribution in [3.63, 3.8) is 0 Å². The minimum absolute atomic E-state index is 0.0213. The smallest absolute Gasteiger partial charge is 0.237 e. The van der Waals surface area contributed by atoms with E-state index in [1.807, 2.05) is 66.4 Å². The minimum Gasteiger partial charge on any atom is -0.368 e. The minimum atomic E-state index is -0.450. The molecule has 136 valence electrons.